The Bertz CT molecular complexity index is 659. The molecule has 0 saturated heterocycles. The zero-order valence-electron chi connectivity index (χ0n) is 14.1. The van der Waals surface area contributed by atoms with Gasteiger partial charge in [-0.1, -0.05) is 46.3 Å². The molecule has 5 heteroatoms. The van der Waals surface area contributed by atoms with E-state index < -0.39 is 0 Å². The number of hydrogen-bond donors (Lipinski definition) is 1. The zero-order chi connectivity index (χ0) is 17.4. The van der Waals surface area contributed by atoms with Gasteiger partial charge in [0.1, 0.15) is 5.75 Å². The van der Waals surface area contributed by atoms with E-state index in [1.165, 1.54) is 5.56 Å². The summed E-state index contributed by atoms with van der Waals surface area (Å²) in [4.78, 5) is 14.1. The minimum atomic E-state index is 0.0320. The number of methoxy groups -OCH3 is 1. The average molecular weight is 391 g/mol. The quantitative estimate of drug-likeness (QED) is 0.751. The Kier molecular flexibility index (Phi) is 7.28. The second kappa shape index (κ2) is 9.45. The Morgan fingerprint density at radius 2 is 1.88 bits per heavy atom. The average Bonchev–Trinajstić information content (AvgIpc) is 2.57. The molecule has 0 aliphatic heterocycles. The van der Waals surface area contributed by atoms with E-state index in [0.717, 1.165) is 28.8 Å². The molecule has 4 nitrogen and oxygen atoms in total. The third kappa shape index (κ3) is 5.98. The highest BCUT2D eigenvalue weighted by molar-refractivity contribution is 9.10. The van der Waals surface area contributed by atoms with Crippen molar-refractivity contribution in [3.05, 3.63) is 64.1 Å². The maximum atomic E-state index is 12.1. The summed E-state index contributed by atoms with van der Waals surface area (Å²) in [6, 6.07) is 16.0. The number of carbonyl (C=O) groups is 1. The molecule has 0 atom stereocenters. The highest BCUT2D eigenvalue weighted by Crippen LogP contribution is 2.17. The number of likely N-dealkylation sites (N-methyl/N-ethyl adjacent to an activating group) is 1. The number of ether oxygens (including phenoxy) is 1. The third-order valence-electron chi connectivity index (χ3n) is 3.69. The lowest BCUT2D eigenvalue weighted by molar-refractivity contribution is -0.122. The summed E-state index contributed by atoms with van der Waals surface area (Å²) in [6.07, 6.45) is 0.756. The maximum absolute atomic E-state index is 12.1. The van der Waals surface area contributed by atoms with Crippen molar-refractivity contribution in [1.82, 2.24) is 10.2 Å². The fourth-order valence-corrected chi connectivity index (χ4v) is 2.77. The predicted octanol–water partition coefficient (Wildman–Crippen LogP) is 3.25. The molecular weight excluding hydrogens is 368 g/mol. The Balaban J connectivity index is 1.73. The molecule has 0 unspecified atom stereocenters. The number of rotatable bonds is 8. The van der Waals surface area contributed by atoms with E-state index in [2.05, 4.69) is 33.4 Å². The molecule has 1 N–H and O–H groups in total. The smallest absolute Gasteiger partial charge is 0.234 e. The first kappa shape index (κ1) is 18.5. The number of amides is 1. The molecule has 0 aliphatic rings. The van der Waals surface area contributed by atoms with Crippen LogP contribution in [0.2, 0.25) is 0 Å². The van der Waals surface area contributed by atoms with E-state index in [1.54, 1.807) is 7.11 Å². The SMILES string of the molecule is COc1ccccc1CCNC(=O)CN(C)Cc1ccc(Br)cc1. The van der Waals surface area contributed by atoms with Gasteiger partial charge in [-0.05, 0) is 42.8 Å². The number of nitrogens with zero attached hydrogens (tertiary/aromatic N) is 1. The molecule has 0 bridgehead atoms. The standard InChI is InChI=1S/C19H23BrN2O2/c1-22(13-15-7-9-17(20)10-8-15)14-19(23)21-12-11-16-5-3-4-6-18(16)24-2/h3-10H,11-14H2,1-2H3,(H,21,23). The summed E-state index contributed by atoms with van der Waals surface area (Å²) in [5.74, 6) is 0.892. The van der Waals surface area contributed by atoms with Gasteiger partial charge in [-0.2, -0.15) is 0 Å². The Morgan fingerprint density at radius 1 is 1.17 bits per heavy atom. The van der Waals surface area contributed by atoms with Crippen molar-refractivity contribution in [2.45, 2.75) is 13.0 Å². The molecule has 2 aromatic rings. The van der Waals surface area contributed by atoms with Crippen molar-refractivity contribution in [2.75, 3.05) is 27.2 Å². The first-order valence-corrected chi connectivity index (χ1v) is 8.69. The number of halogens is 1. The van der Waals surface area contributed by atoms with Crippen LogP contribution in [0.25, 0.3) is 0 Å². The van der Waals surface area contributed by atoms with Crippen LogP contribution in [0.1, 0.15) is 11.1 Å². The minimum absolute atomic E-state index is 0.0320. The van der Waals surface area contributed by atoms with Crippen molar-refractivity contribution >= 4 is 21.8 Å². The molecular formula is C19H23BrN2O2. The van der Waals surface area contributed by atoms with Crippen LogP contribution >= 0.6 is 15.9 Å². The van der Waals surface area contributed by atoms with Crippen LogP contribution < -0.4 is 10.1 Å². The molecule has 128 valence electrons. The Morgan fingerprint density at radius 3 is 2.58 bits per heavy atom. The maximum Gasteiger partial charge on any atom is 0.234 e. The second-order valence-corrected chi connectivity index (χ2v) is 6.63. The molecule has 0 spiro atoms. The van der Waals surface area contributed by atoms with Gasteiger partial charge in [-0.15, -0.1) is 0 Å². The minimum Gasteiger partial charge on any atom is -0.496 e. The van der Waals surface area contributed by atoms with Crippen molar-refractivity contribution in [1.29, 1.82) is 0 Å². The number of nitrogens with one attached hydrogen (secondary N) is 1. The lowest BCUT2D eigenvalue weighted by atomic mass is 10.1. The molecule has 0 heterocycles. The fraction of sp³-hybridized carbons (Fsp3) is 0.316. The summed E-state index contributed by atoms with van der Waals surface area (Å²) < 4.78 is 6.38. The largest absolute Gasteiger partial charge is 0.496 e. The van der Waals surface area contributed by atoms with Crippen molar-refractivity contribution in [3.8, 4) is 5.75 Å². The predicted molar refractivity (Wildman–Crippen MR) is 100 cm³/mol. The molecule has 2 rings (SSSR count). The van der Waals surface area contributed by atoms with Crippen LogP contribution in [0.5, 0.6) is 5.75 Å². The van der Waals surface area contributed by atoms with E-state index in [9.17, 15) is 4.79 Å². The van der Waals surface area contributed by atoms with Crippen molar-refractivity contribution in [2.24, 2.45) is 0 Å². The van der Waals surface area contributed by atoms with Crippen LogP contribution in [-0.2, 0) is 17.8 Å². The normalized spacial score (nSPS) is 10.7. The van der Waals surface area contributed by atoms with E-state index in [-0.39, 0.29) is 5.91 Å². The van der Waals surface area contributed by atoms with Gasteiger partial charge in [-0.25, -0.2) is 0 Å². The summed E-state index contributed by atoms with van der Waals surface area (Å²) in [7, 11) is 3.61. The van der Waals surface area contributed by atoms with Gasteiger partial charge >= 0.3 is 0 Å². The highest BCUT2D eigenvalue weighted by atomic mass is 79.9. The molecule has 0 aliphatic carbocycles. The second-order valence-electron chi connectivity index (χ2n) is 5.71. The fourth-order valence-electron chi connectivity index (χ4n) is 2.50. The summed E-state index contributed by atoms with van der Waals surface area (Å²) >= 11 is 3.42. The van der Waals surface area contributed by atoms with Crippen LogP contribution in [0.15, 0.2) is 53.0 Å². The van der Waals surface area contributed by atoms with E-state index in [4.69, 9.17) is 4.74 Å². The lowest BCUT2D eigenvalue weighted by Gasteiger charge is -2.16. The van der Waals surface area contributed by atoms with Crippen LogP contribution in [0.3, 0.4) is 0 Å². The number of benzene rings is 2. The monoisotopic (exact) mass is 390 g/mol. The third-order valence-corrected chi connectivity index (χ3v) is 4.22. The molecule has 1 amide bonds. The topological polar surface area (TPSA) is 41.6 Å². The molecule has 0 saturated carbocycles. The van der Waals surface area contributed by atoms with Gasteiger partial charge in [0, 0.05) is 17.6 Å². The first-order chi connectivity index (χ1) is 11.6. The van der Waals surface area contributed by atoms with Gasteiger partial charge in [0.05, 0.1) is 13.7 Å². The van der Waals surface area contributed by atoms with E-state index in [0.29, 0.717) is 13.1 Å². The summed E-state index contributed by atoms with van der Waals surface area (Å²) in [5.41, 5.74) is 2.28. The van der Waals surface area contributed by atoms with Crippen LogP contribution in [-0.4, -0.2) is 38.1 Å². The Hall–Kier alpha value is -1.85. The van der Waals surface area contributed by atoms with Crippen molar-refractivity contribution in [3.63, 3.8) is 0 Å². The van der Waals surface area contributed by atoms with Crippen LogP contribution in [0, 0.1) is 0 Å². The van der Waals surface area contributed by atoms with Gasteiger partial charge in [0.15, 0.2) is 0 Å². The Labute approximate surface area is 151 Å². The van der Waals surface area contributed by atoms with E-state index >= 15 is 0 Å². The highest BCUT2D eigenvalue weighted by Gasteiger charge is 2.08. The number of para-hydroxylation sites is 1. The molecule has 24 heavy (non-hydrogen) atoms. The molecule has 0 radical (unpaired) electrons. The van der Waals surface area contributed by atoms with Crippen LogP contribution in [0.4, 0.5) is 0 Å². The number of hydrogen-bond acceptors (Lipinski definition) is 3. The molecule has 0 aromatic heterocycles. The summed E-state index contributed by atoms with van der Waals surface area (Å²) in [5, 5.41) is 2.96. The summed E-state index contributed by atoms with van der Waals surface area (Å²) in [6.45, 7) is 1.72. The lowest BCUT2D eigenvalue weighted by Crippen LogP contribution is -2.35. The number of carbonyl (C=O) groups excluding carboxylic acids is 1. The van der Waals surface area contributed by atoms with Gasteiger partial charge in [-0.3, -0.25) is 9.69 Å². The molecule has 0 fully saturated rings. The van der Waals surface area contributed by atoms with Gasteiger partial charge in [0.25, 0.3) is 0 Å². The van der Waals surface area contributed by atoms with Gasteiger partial charge < -0.3 is 10.1 Å². The van der Waals surface area contributed by atoms with E-state index in [1.807, 2.05) is 48.3 Å². The molecule has 2 aromatic carbocycles. The van der Waals surface area contributed by atoms with Gasteiger partial charge in [0.2, 0.25) is 5.91 Å². The first-order valence-electron chi connectivity index (χ1n) is 7.90. The zero-order valence-corrected chi connectivity index (χ0v) is 15.7. The van der Waals surface area contributed by atoms with Crippen molar-refractivity contribution < 1.29 is 9.53 Å².